The fourth-order valence-corrected chi connectivity index (χ4v) is 3.26. The Labute approximate surface area is 161 Å². The van der Waals surface area contributed by atoms with E-state index in [0.717, 1.165) is 23.8 Å². The number of carbonyl (C=O) groups excluding carboxylic acids is 1. The molecule has 1 amide bonds. The summed E-state index contributed by atoms with van der Waals surface area (Å²) < 4.78 is 23.6. The lowest BCUT2D eigenvalue weighted by molar-refractivity contribution is 0.0761. The van der Waals surface area contributed by atoms with E-state index in [1.54, 1.807) is 17.9 Å². The van der Waals surface area contributed by atoms with Gasteiger partial charge < -0.3 is 10.6 Å². The standard InChI is InChI=1S/C19H24N2O3S.ClH/c1-15-8-9-17(25(2,23)24)14-18(15)19(22)21(13-11-20)12-10-16-6-4-3-5-7-16;/h3-9,14H,10-13,20H2,1-2H3;1H. The van der Waals surface area contributed by atoms with Gasteiger partial charge in [0.05, 0.1) is 4.90 Å². The SMILES string of the molecule is Cc1ccc(S(C)(=O)=O)cc1C(=O)N(CCN)CCc1ccccc1.Cl. The van der Waals surface area contributed by atoms with Gasteiger partial charge in [-0.1, -0.05) is 36.4 Å². The number of benzene rings is 2. The van der Waals surface area contributed by atoms with Gasteiger partial charge in [0.1, 0.15) is 0 Å². The molecule has 2 aromatic carbocycles. The molecule has 2 aromatic rings. The lowest BCUT2D eigenvalue weighted by Gasteiger charge is -2.23. The molecule has 0 radical (unpaired) electrons. The first-order valence-electron chi connectivity index (χ1n) is 8.17. The highest BCUT2D eigenvalue weighted by Gasteiger charge is 2.19. The minimum absolute atomic E-state index is 0. The van der Waals surface area contributed by atoms with Crippen molar-refractivity contribution in [3.63, 3.8) is 0 Å². The molecule has 0 fully saturated rings. The third-order valence-electron chi connectivity index (χ3n) is 4.07. The molecule has 2 rings (SSSR count). The lowest BCUT2D eigenvalue weighted by atomic mass is 10.1. The molecule has 7 heteroatoms. The molecule has 0 atom stereocenters. The number of nitrogens with two attached hydrogens (primary N) is 1. The number of amides is 1. The monoisotopic (exact) mass is 396 g/mol. The molecule has 0 saturated carbocycles. The summed E-state index contributed by atoms with van der Waals surface area (Å²) in [7, 11) is -3.36. The third kappa shape index (κ3) is 5.83. The van der Waals surface area contributed by atoms with Gasteiger partial charge in [-0.05, 0) is 36.6 Å². The highest BCUT2D eigenvalue weighted by Crippen LogP contribution is 2.18. The summed E-state index contributed by atoms with van der Waals surface area (Å²) in [6.07, 6.45) is 1.86. The first-order valence-corrected chi connectivity index (χ1v) is 10.1. The molecule has 0 aromatic heterocycles. The van der Waals surface area contributed by atoms with Crippen molar-refractivity contribution in [2.45, 2.75) is 18.2 Å². The zero-order valence-electron chi connectivity index (χ0n) is 15.0. The average molecular weight is 397 g/mol. The molecule has 0 unspecified atom stereocenters. The van der Waals surface area contributed by atoms with Crippen molar-refractivity contribution in [3.05, 3.63) is 65.2 Å². The minimum Gasteiger partial charge on any atom is -0.337 e. The number of hydrogen-bond acceptors (Lipinski definition) is 4. The van der Waals surface area contributed by atoms with E-state index in [-0.39, 0.29) is 23.2 Å². The molecular weight excluding hydrogens is 372 g/mol. The maximum absolute atomic E-state index is 12.9. The van der Waals surface area contributed by atoms with Crippen LogP contribution < -0.4 is 5.73 Å². The second-order valence-corrected chi connectivity index (χ2v) is 8.08. The van der Waals surface area contributed by atoms with Gasteiger partial charge in [0.25, 0.3) is 5.91 Å². The van der Waals surface area contributed by atoms with Crippen molar-refractivity contribution in [1.29, 1.82) is 0 Å². The highest BCUT2D eigenvalue weighted by atomic mass is 35.5. The van der Waals surface area contributed by atoms with Crippen LogP contribution in [0.25, 0.3) is 0 Å². The summed E-state index contributed by atoms with van der Waals surface area (Å²) in [5, 5.41) is 0. The van der Waals surface area contributed by atoms with Gasteiger partial charge in [-0.15, -0.1) is 12.4 Å². The van der Waals surface area contributed by atoms with Gasteiger partial charge in [-0.3, -0.25) is 4.79 Å². The maximum Gasteiger partial charge on any atom is 0.254 e. The summed E-state index contributed by atoms with van der Waals surface area (Å²) in [6.45, 7) is 3.11. The van der Waals surface area contributed by atoms with Crippen molar-refractivity contribution in [3.8, 4) is 0 Å². The molecule has 0 saturated heterocycles. The van der Waals surface area contributed by atoms with Crippen LogP contribution in [0.15, 0.2) is 53.4 Å². The summed E-state index contributed by atoms with van der Waals surface area (Å²) >= 11 is 0. The molecule has 26 heavy (non-hydrogen) atoms. The summed E-state index contributed by atoms with van der Waals surface area (Å²) in [4.78, 5) is 14.8. The molecule has 0 aliphatic carbocycles. The Morgan fingerprint density at radius 1 is 1.08 bits per heavy atom. The quantitative estimate of drug-likeness (QED) is 0.779. The largest absolute Gasteiger partial charge is 0.337 e. The van der Waals surface area contributed by atoms with Crippen LogP contribution in [0.5, 0.6) is 0 Å². The topological polar surface area (TPSA) is 80.5 Å². The van der Waals surface area contributed by atoms with Crippen LogP contribution in [0, 0.1) is 6.92 Å². The molecular formula is C19H25ClN2O3S. The van der Waals surface area contributed by atoms with Crippen molar-refractivity contribution in [1.82, 2.24) is 4.90 Å². The lowest BCUT2D eigenvalue weighted by Crippen LogP contribution is -2.37. The van der Waals surface area contributed by atoms with E-state index in [9.17, 15) is 13.2 Å². The van der Waals surface area contributed by atoms with E-state index in [1.165, 1.54) is 12.1 Å². The minimum atomic E-state index is -3.36. The first-order chi connectivity index (χ1) is 11.8. The van der Waals surface area contributed by atoms with Gasteiger partial charge in [0.15, 0.2) is 9.84 Å². The Morgan fingerprint density at radius 3 is 2.31 bits per heavy atom. The third-order valence-corrected chi connectivity index (χ3v) is 5.18. The van der Waals surface area contributed by atoms with E-state index in [4.69, 9.17) is 5.73 Å². The Kier molecular flexibility index (Phi) is 8.27. The maximum atomic E-state index is 12.9. The van der Waals surface area contributed by atoms with Crippen molar-refractivity contribution >= 4 is 28.2 Å². The van der Waals surface area contributed by atoms with Crippen LogP contribution in [0.3, 0.4) is 0 Å². The van der Waals surface area contributed by atoms with Crippen LogP contribution in [0.4, 0.5) is 0 Å². The summed E-state index contributed by atoms with van der Waals surface area (Å²) in [6, 6.07) is 14.6. The number of hydrogen-bond donors (Lipinski definition) is 1. The summed E-state index contributed by atoms with van der Waals surface area (Å²) in [5.74, 6) is -0.190. The van der Waals surface area contributed by atoms with Crippen LogP contribution in [0.2, 0.25) is 0 Å². The Bertz CT molecular complexity index is 839. The predicted octanol–water partition coefficient (Wildman–Crippen LogP) is 2.46. The van der Waals surface area contributed by atoms with E-state index >= 15 is 0 Å². The molecule has 142 valence electrons. The highest BCUT2D eigenvalue weighted by molar-refractivity contribution is 7.90. The second-order valence-electron chi connectivity index (χ2n) is 6.07. The van der Waals surface area contributed by atoms with E-state index < -0.39 is 9.84 Å². The van der Waals surface area contributed by atoms with Gasteiger partial charge in [0, 0.05) is 31.5 Å². The zero-order valence-corrected chi connectivity index (χ0v) is 16.6. The van der Waals surface area contributed by atoms with E-state index in [2.05, 4.69) is 0 Å². The Balaban J connectivity index is 0.00000338. The second kappa shape index (κ2) is 9.71. The molecule has 2 N–H and O–H groups in total. The van der Waals surface area contributed by atoms with Crippen LogP contribution in [-0.4, -0.2) is 45.1 Å². The molecule has 0 heterocycles. The van der Waals surface area contributed by atoms with Gasteiger partial charge in [0.2, 0.25) is 0 Å². The molecule has 0 bridgehead atoms. The molecule has 5 nitrogen and oxygen atoms in total. The van der Waals surface area contributed by atoms with Crippen molar-refractivity contribution < 1.29 is 13.2 Å². The predicted molar refractivity (Wildman–Crippen MR) is 107 cm³/mol. The fraction of sp³-hybridized carbons (Fsp3) is 0.316. The number of sulfone groups is 1. The zero-order chi connectivity index (χ0) is 18.4. The van der Waals surface area contributed by atoms with Gasteiger partial charge in [-0.2, -0.15) is 0 Å². The molecule has 0 aliphatic rings. The number of aryl methyl sites for hydroxylation is 1. The van der Waals surface area contributed by atoms with E-state index in [1.807, 2.05) is 30.3 Å². The Morgan fingerprint density at radius 2 is 1.73 bits per heavy atom. The fourth-order valence-electron chi connectivity index (χ4n) is 2.61. The Hall–Kier alpha value is -1.89. The van der Waals surface area contributed by atoms with Crippen molar-refractivity contribution in [2.24, 2.45) is 5.73 Å². The van der Waals surface area contributed by atoms with E-state index in [0.29, 0.717) is 25.2 Å². The van der Waals surface area contributed by atoms with Gasteiger partial charge >= 0.3 is 0 Å². The molecule has 0 spiro atoms. The van der Waals surface area contributed by atoms with Crippen molar-refractivity contribution in [2.75, 3.05) is 25.9 Å². The number of carbonyl (C=O) groups is 1. The first kappa shape index (κ1) is 22.2. The van der Waals surface area contributed by atoms with Gasteiger partial charge in [-0.25, -0.2) is 8.42 Å². The van der Waals surface area contributed by atoms with Crippen LogP contribution in [0.1, 0.15) is 21.5 Å². The average Bonchev–Trinajstić information content (AvgIpc) is 2.58. The van der Waals surface area contributed by atoms with Crippen LogP contribution in [-0.2, 0) is 16.3 Å². The smallest absolute Gasteiger partial charge is 0.254 e. The summed E-state index contributed by atoms with van der Waals surface area (Å²) in [5.41, 5.74) is 7.96. The number of nitrogens with zero attached hydrogens (tertiary/aromatic N) is 1. The van der Waals surface area contributed by atoms with Crippen LogP contribution >= 0.6 is 12.4 Å². The molecule has 0 aliphatic heterocycles. The normalized spacial score (nSPS) is 10.9. The number of rotatable bonds is 7. The number of halogens is 1.